The molecule has 0 unspecified atom stereocenters. The molecule has 0 aliphatic carbocycles. The van der Waals surface area contributed by atoms with E-state index in [-0.39, 0.29) is 0 Å². The number of rotatable bonds is 3. The zero-order chi connectivity index (χ0) is 13.0. The van der Waals surface area contributed by atoms with Crippen molar-refractivity contribution in [3.05, 3.63) is 66.5 Å². The summed E-state index contributed by atoms with van der Waals surface area (Å²) >= 11 is 0. The molecule has 1 heterocycles. The Morgan fingerprint density at radius 3 is 2.83 bits per heavy atom. The van der Waals surface area contributed by atoms with Crippen LogP contribution < -0.4 is 0 Å². The molecule has 2 nitrogen and oxygen atoms in total. The van der Waals surface area contributed by atoms with E-state index in [1.165, 1.54) is 5.56 Å². The fourth-order valence-corrected chi connectivity index (χ4v) is 1.72. The molecule has 0 saturated carbocycles. The average Bonchev–Trinajstić information content (AvgIpc) is 2.39. The van der Waals surface area contributed by atoms with Crippen LogP contribution in [0, 0.1) is 6.92 Å². The molecule has 0 fully saturated rings. The summed E-state index contributed by atoms with van der Waals surface area (Å²) in [5.41, 5.74) is 4.84. The molecule has 0 N–H and O–H groups in total. The third-order valence-electron chi connectivity index (χ3n) is 2.68. The Bertz CT molecular complexity index is 637. The number of hydrogen-bond donors (Lipinski definition) is 0. The maximum Gasteiger partial charge on any atom is 0.0896 e. The summed E-state index contributed by atoms with van der Waals surface area (Å²) < 4.78 is 0. The third-order valence-corrected chi connectivity index (χ3v) is 2.68. The summed E-state index contributed by atoms with van der Waals surface area (Å²) in [7, 11) is 0. The highest BCUT2D eigenvalue weighted by molar-refractivity contribution is 5.79. The second-order valence-corrected chi connectivity index (χ2v) is 4.10. The van der Waals surface area contributed by atoms with Gasteiger partial charge in [0.2, 0.25) is 0 Å². The van der Waals surface area contributed by atoms with Gasteiger partial charge in [-0.1, -0.05) is 36.9 Å². The second-order valence-electron chi connectivity index (χ2n) is 4.10. The lowest BCUT2D eigenvalue weighted by Crippen LogP contribution is -1.91. The Kier molecular flexibility index (Phi) is 3.68. The lowest BCUT2D eigenvalue weighted by atomic mass is 10.1. The van der Waals surface area contributed by atoms with Gasteiger partial charge in [0.05, 0.1) is 22.9 Å². The third kappa shape index (κ3) is 2.54. The van der Waals surface area contributed by atoms with E-state index in [9.17, 15) is 0 Å². The Hall–Kier alpha value is -2.22. The van der Waals surface area contributed by atoms with Crippen LogP contribution in [0.2, 0.25) is 0 Å². The molecule has 0 amide bonds. The minimum absolute atomic E-state index is 0.848. The molecule has 0 aliphatic heterocycles. The van der Waals surface area contributed by atoms with Gasteiger partial charge in [0, 0.05) is 5.57 Å². The SMILES string of the molecule is C=CC(=CC=CC)c1cnc2ccc(C)cc2n1. The molecular formula is C16H16N2. The predicted octanol–water partition coefficient (Wildman–Crippen LogP) is 4.08. The first-order valence-electron chi connectivity index (χ1n) is 5.94. The van der Waals surface area contributed by atoms with Gasteiger partial charge in [-0.3, -0.25) is 4.98 Å². The summed E-state index contributed by atoms with van der Waals surface area (Å²) in [6, 6.07) is 6.08. The number of benzene rings is 1. The van der Waals surface area contributed by atoms with Crippen LogP contribution in [0.15, 0.2) is 55.3 Å². The van der Waals surface area contributed by atoms with Crippen LogP contribution in [0.3, 0.4) is 0 Å². The van der Waals surface area contributed by atoms with Crippen molar-refractivity contribution in [2.24, 2.45) is 0 Å². The number of aromatic nitrogens is 2. The van der Waals surface area contributed by atoms with Gasteiger partial charge in [0.1, 0.15) is 0 Å². The van der Waals surface area contributed by atoms with Gasteiger partial charge in [-0.05, 0) is 31.5 Å². The molecule has 18 heavy (non-hydrogen) atoms. The van der Waals surface area contributed by atoms with Gasteiger partial charge in [-0.25, -0.2) is 4.98 Å². The van der Waals surface area contributed by atoms with Crippen LogP contribution in [0.25, 0.3) is 16.6 Å². The van der Waals surface area contributed by atoms with Crippen LogP contribution in [-0.4, -0.2) is 9.97 Å². The molecule has 2 rings (SSSR count). The van der Waals surface area contributed by atoms with E-state index in [0.29, 0.717) is 0 Å². The first-order chi connectivity index (χ1) is 8.74. The van der Waals surface area contributed by atoms with Gasteiger partial charge in [0.15, 0.2) is 0 Å². The Balaban J connectivity index is 2.54. The van der Waals surface area contributed by atoms with Crippen molar-refractivity contribution in [3.8, 4) is 0 Å². The first-order valence-corrected chi connectivity index (χ1v) is 5.94. The molecule has 0 bridgehead atoms. The maximum atomic E-state index is 4.62. The van der Waals surface area contributed by atoms with Crippen molar-refractivity contribution in [1.29, 1.82) is 0 Å². The number of nitrogens with zero attached hydrogens (tertiary/aromatic N) is 2. The maximum absolute atomic E-state index is 4.62. The average molecular weight is 236 g/mol. The minimum Gasteiger partial charge on any atom is -0.252 e. The zero-order valence-corrected chi connectivity index (χ0v) is 10.7. The van der Waals surface area contributed by atoms with Crippen LogP contribution in [-0.2, 0) is 0 Å². The van der Waals surface area contributed by atoms with Crippen LogP contribution in [0.4, 0.5) is 0 Å². The van der Waals surface area contributed by atoms with Gasteiger partial charge < -0.3 is 0 Å². The van der Waals surface area contributed by atoms with E-state index in [2.05, 4.69) is 23.5 Å². The Labute approximate surface area is 107 Å². The smallest absolute Gasteiger partial charge is 0.0896 e. The van der Waals surface area contributed by atoms with E-state index in [1.54, 1.807) is 12.3 Å². The Morgan fingerprint density at radius 2 is 2.11 bits per heavy atom. The number of hydrogen-bond acceptors (Lipinski definition) is 2. The highest BCUT2D eigenvalue weighted by Crippen LogP contribution is 2.17. The van der Waals surface area contributed by atoms with E-state index >= 15 is 0 Å². The van der Waals surface area contributed by atoms with E-state index < -0.39 is 0 Å². The molecule has 2 aromatic rings. The van der Waals surface area contributed by atoms with Gasteiger partial charge >= 0.3 is 0 Å². The molecule has 1 aromatic carbocycles. The molecule has 0 saturated heterocycles. The highest BCUT2D eigenvalue weighted by atomic mass is 14.8. The number of allylic oxidation sites excluding steroid dienone is 5. The standard InChI is InChI=1S/C16H16N2/c1-4-6-7-13(5-2)16-11-17-14-9-8-12(3)10-15(14)18-16/h4-11H,2H2,1,3H3. The topological polar surface area (TPSA) is 25.8 Å². The highest BCUT2D eigenvalue weighted by Gasteiger charge is 2.02. The van der Waals surface area contributed by atoms with Crippen LogP contribution >= 0.6 is 0 Å². The summed E-state index contributed by atoms with van der Waals surface area (Å²) in [4.78, 5) is 9.05. The molecule has 0 atom stereocenters. The fourth-order valence-electron chi connectivity index (χ4n) is 1.72. The quantitative estimate of drug-likeness (QED) is 0.750. The zero-order valence-electron chi connectivity index (χ0n) is 10.7. The van der Waals surface area contributed by atoms with Crippen molar-refractivity contribution in [2.45, 2.75) is 13.8 Å². The molecule has 0 aliphatic rings. The monoisotopic (exact) mass is 236 g/mol. The predicted molar refractivity (Wildman–Crippen MR) is 77.3 cm³/mol. The second kappa shape index (κ2) is 5.41. The fraction of sp³-hybridized carbons (Fsp3) is 0.125. The molecule has 1 aromatic heterocycles. The molecule has 2 heteroatoms. The van der Waals surface area contributed by atoms with Crippen molar-refractivity contribution in [1.82, 2.24) is 9.97 Å². The van der Waals surface area contributed by atoms with Gasteiger partial charge in [0.25, 0.3) is 0 Å². The largest absolute Gasteiger partial charge is 0.252 e. The Morgan fingerprint density at radius 1 is 1.28 bits per heavy atom. The summed E-state index contributed by atoms with van der Waals surface area (Å²) in [6.07, 6.45) is 9.51. The molecule has 90 valence electrons. The van der Waals surface area contributed by atoms with Crippen molar-refractivity contribution in [3.63, 3.8) is 0 Å². The number of fused-ring (bicyclic) bond motifs is 1. The van der Waals surface area contributed by atoms with E-state index in [4.69, 9.17) is 0 Å². The molecule has 0 spiro atoms. The molecular weight excluding hydrogens is 220 g/mol. The van der Waals surface area contributed by atoms with Crippen LogP contribution in [0.1, 0.15) is 18.2 Å². The normalized spacial score (nSPS) is 12.2. The molecule has 0 radical (unpaired) electrons. The summed E-state index contributed by atoms with van der Waals surface area (Å²) in [5, 5.41) is 0. The lowest BCUT2D eigenvalue weighted by molar-refractivity contribution is 1.25. The summed E-state index contributed by atoms with van der Waals surface area (Å²) in [6.45, 7) is 7.85. The minimum atomic E-state index is 0.848. The van der Waals surface area contributed by atoms with E-state index in [1.807, 2.05) is 43.4 Å². The van der Waals surface area contributed by atoms with Gasteiger partial charge in [-0.15, -0.1) is 0 Å². The summed E-state index contributed by atoms with van der Waals surface area (Å²) in [5.74, 6) is 0. The van der Waals surface area contributed by atoms with Gasteiger partial charge in [-0.2, -0.15) is 0 Å². The van der Waals surface area contributed by atoms with Crippen LogP contribution in [0.5, 0.6) is 0 Å². The van der Waals surface area contributed by atoms with Crippen molar-refractivity contribution < 1.29 is 0 Å². The lowest BCUT2D eigenvalue weighted by Gasteiger charge is -2.03. The van der Waals surface area contributed by atoms with Crippen molar-refractivity contribution in [2.75, 3.05) is 0 Å². The number of aryl methyl sites for hydroxylation is 1. The first kappa shape index (κ1) is 12.2. The van der Waals surface area contributed by atoms with Crippen molar-refractivity contribution >= 4 is 16.6 Å². The van der Waals surface area contributed by atoms with E-state index in [0.717, 1.165) is 22.3 Å².